The van der Waals surface area contributed by atoms with E-state index in [2.05, 4.69) is 13.0 Å². The van der Waals surface area contributed by atoms with Gasteiger partial charge in [-0.3, -0.25) is 0 Å². The number of hydrogen-bond donors (Lipinski definition) is 1. The van der Waals surface area contributed by atoms with Gasteiger partial charge in [0.15, 0.2) is 6.29 Å². The number of hydrogen-bond acceptors (Lipinski definition) is 5. The van der Waals surface area contributed by atoms with Crippen molar-refractivity contribution < 1.29 is 19.3 Å². The Balaban J connectivity index is 1.91. The third kappa shape index (κ3) is 3.06. The molecule has 1 aromatic heterocycles. The summed E-state index contributed by atoms with van der Waals surface area (Å²) in [5, 5.41) is 10.5. The van der Waals surface area contributed by atoms with Gasteiger partial charge in [0.05, 0.1) is 13.2 Å². The lowest BCUT2D eigenvalue weighted by molar-refractivity contribution is -0.0681. The number of aliphatic hydroxyl groups is 1. The summed E-state index contributed by atoms with van der Waals surface area (Å²) in [6.45, 7) is 3.96. The predicted molar refractivity (Wildman–Crippen MR) is 83.2 cm³/mol. The van der Waals surface area contributed by atoms with E-state index < -0.39 is 0 Å². The van der Waals surface area contributed by atoms with Gasteiger partial charge in [-0.25, -0.2) is 0 Å². The molecule has 1 aliphatic heterocycles. The molecule has 21 heavy (non-hydrogen) atoms. The molecule has 1 aliphatic rings. The number of fused-ring (bicyclic) bond motifs is 1. The summed E-state index contributed by atoms with van der Waals surface area (Å²) in [6, 6.07) is 6.09. The fourth-order valence-corrected chi connectivity index (χ4v) is 3.88. The lowest BCUT2D eigenvalue weighted by Crippen LogP contribution is -2.18. The maximum Gasteiger partial charge on any atom is 0.191 e. The van der Waals surface area contributed by atoms with Crippen LogP contribution in [0.25, 0.3) is 10.1 Å². The molecule has 1 fully saturated rings. The van der Waals surface area contributed by atoms with Crippen molar-refractivity contribution in [3.05, 3.63) is 28.6 Å². The molecular weight excluding hydrogens is 288 g/mol. The molecule has 2 aromatic rings. The van der Waals surface area contributed by atoms with Crippen LogP contribution in [0, 0.1) is 0 Å². The summed E-state index contributed by atoms with van der Waals surface area (Å²) in [5.41, 5.74) is 1.21. The van der Waals surface area contributed by atoms with Crippen molar-refractivity contribution in [3.63, 3.8) is 0 Å². The van der Waals surface area contributed by atoms with Crippen LogP contribution in [0.1, 0.15) is 17.4 Å². The highest BCUT2D eigenvalue weighted by molar-refractivity contribution is 7.19. The van der Waals surface area contributed by atoms with Crippen LogP contribution >= 0.6 is 11.3 Å². The van der Waals surface area contributed by atoms with Crippen LogP contribution in [0.5, 0.6) is 5.75 Å². The lowest BCUT2D eigenvalue weighted by Gasteiger charge is -2.13. The van der Waals surface area contributed by atoms with Crippen molar-refractivity contribution in [1.29, 1.82) is 0 Å². The van der Waals surface area contributed by atoms with Crippen molar-refractivity contribution in [1.82, 2.24) is 0 Å². The van der Waals surface area contributed by atoms with E-state index >= 15 is 0 Å². The van der Waals surface area contributed by atoms with Gasteiger partial charge in [0.2, 0.25) is 0 Å². The summed E-state index contributed by atoms with van der Waals surface area (Å²) in [6.07, 6.45) is 1.37. The molecule has 0 bridgehead atoms. The molecule has 0 aliphatic carbocycles. The molecule has 5 heteroatoms. The quantitative estimate of drug-likeness (QED) is 0.891. The fraction of sp³-hybridized carbons (Fsp3) is 0.500. The molecule has 0 spiro atoms. The molecular formula is C16H20O4S. The molecule has 0 radical (unpaired) electrons. The zero-order chi connectivity index (χ0) is 14.7. The normalized spacial score (nSPS) is 15.9. The van der Waals surface area contributed by atoms with Crippen molar-refractivity contribution >= 4 is 21.4 Å². The Hall–Kier alpha value is -1.14. The van der Waals surface area contributed by atoms with Gasteiger partial charge in [0.1, 0.15) is 12.4 Å². The maximum absolute atomic E-state index is 9.33. The second kappa shape index (κ2) is 6.75. The standard InChI is InChI=1S/C16H20O4S/c1-2-13-11(6-7-17)16-12(4-3-5-14(16)21-13)20-10-15-18-8-9-19-15/h3-5,15,17H,2,6-10H2,1H3. The Kier molecular flexibility index (Phi) is 4.75. The first-order valence-corrected chi connectivity index (χ1v) is 8.15. The monoisotopic (exact) mass is 308 g/mol. The minimum atomic E-state index is -0.272. The first-order valence-electron chi connectivity index (χ1n) is 7.33. The minimum Gasteiger partial charge on any atom is -0.488 e. The number of benzene rings is 1. The molecule has 0 atom stereocenters. The third-order valence-electron chi connectivity index (χ3n) is 3.61. The van der Waals surface area contributed by atoms with Crippen LogP contribution in [0.4, 0.5) is 0 Å². The van der Waals surface area contributed by atoms with Gasteiger partial charge in [-0.05, 0) is 30.5 Å². The second-order valence-electron chi connectivity index (χ2n) is 4.94. The molecule has 0 saturated carbocycles. The molecule has 1 N–H and O–H groups in total. The van der Waals surface area contributed by atoms with Crippen molar-refractivity contribution in [2.24, 2.45) is 0 Å². The lowest BCUT2D eigenvalue weighted by atomic mass is 10.1. The van der Waals surface area contributed by atoms with E-state index in [-0.39, 0.29) is 12.9 Å². The SMILES string of the molecule is CCc1sc2cccc(OCC3OCCO3)c2c1CCO. The first-order chi connectivity index (χ1) is 10.3. The van der Waals surface area contributed by atoms with E-state index in [1.807, 2.05) is 12.1 Å². The zero-order valence-corrected chi connectivity index (χ0v) is 12.9. The molecule has 0 amide bonds. The number of thiophene rings is 1. The highest BCUT2D eigenvalue weighted by atomic mass is 32.1. The summed E-state index contributed by atoms with van der Waals surface area (Å²) in [7, 11) is 0. The third-order valence-corrected chi connectivity index (χ3v) is 4.95. The predicted octanol–water partition coefficient (Wildman–Crippen LogP) is 2.75. The number of aliphatic hydroxyl groups excluding tert-OH is 1. The van der Waals surface area contributed by atoms with E-state index in [0.717, 1.165) is 17.6 Å². The second-order valence-corrected chi connectivity index (χ2v) is 6.08. The Morgan fingerprint density at radius 2 is 2.14 bits per heavy atom. The fourth-order valence-electron chi connectivity index (χ4n) is 2.67. The highest BCUT2D eigenvalue weighted by Crippen LogP contribution is 2.38. The summed E-state index contributed by atoms with van der Waals surface area (Å²) in [5.74, 6) is 0.853. The molecule has 114 valence electrons. The van der Waals surface area contributed by atoms with E-state index in [1.165, 1.54) is 15.1 Å². The van der Waals surface area contributed by atoms with E-state index in [0.29, 0.717) is 26.2 Å². The number of rotatable bonds is 6. The molecule has 1 saturated heterocycles. The van der Waals surface area contributed by atoms with Crippen molar-refractivity contribution in [2.45, 2.75) is 26.1 Å². The molecule has 2 heterocycles. The van der Waals surface area contributed by atoms with Crippen LogP contribution in [0.15, 0.2) is 18.2 Å². The van der Waals surface area contributed by atoms with E-state index in [1.54, 1.807) is 11.3 Å². The Morgan fingerprint density at radius 1 is 1.33 bits per heavy atom. The van der Waals surface area contributed by atoms with Crippen LogP contribution in [-0.2, 0) is 22.3 Å². The molecule has 1 aromatic carbocycles. The Labute approximate surface area is 128 Å². The Bertz CT molecular complexity index is 602. The van der Waals surface area contributed by atoms with Gasteiger partial charge in [-0.15, -0.1) is 11.3 Å². The van der Waals surface area contributed by atoms with Crippen molar-refractivity contribution in [3.8, 4) is 5.75 Å². The van der Waals surface area contributed by atoms with Crippen LogP contribution in [-0.4, -0.2) is 37.8 Å². The number of ether oxygens (including phenoxy) is 3. The van der Waals surface area contributed by atoms with E-state index in [4.69, 9.17) is 14.2 Å². The number of aryl methyl sites for hydroxylation is 1. The smallest absolute Gasteiger partial charge is 0.191 e. The maximum atomic E-state index is 9.33. The summed E-state index contributed by atoms with van der Waals surface area (Å²) < 4.78 is 17.9. The largest absolute Gasteiger partial charge is 0.488 e. The summed E-state index contributed by atoms with van der Waals surface area (Å²) in [4.78, 5) is 1.32. The van der Waals surface area contributed by atoms with E-state index in [9.17, 15) is 5.11 Å². The minimum absolute atomic E-state index is 0.155. The highest BCUT2D eigenvalue weighted by Gasteiger charge is 2.19. The average molecular weight is 308 g/mol. The van der Waals surface area contributed by atoms with Gasteiger partial charge in [-0.1, -0.05) is 13.0 Å². The van der Waals surface area contributed by atoms with Crippen LogP contribution in [0.3, 0.4) is 0 Å². The topological polar surface area (TPSA) is 47.9 Å². The zero-order valence-electron chi connectivity index (χ0n) is 12.1. The molecule has 3 rings (SSSR count). The first kappa shape index (κ1) is 14.8. The van der Waals surface area contributed by atoms with Crippen molar-refractivity contribution in [2.75, 3.05) is 26.4 Å². The van der Waals surface area contributed by atoms with Crippen LogP contribution in [0.2, 0.25) is 0 Å². The molecule has 0 unspecified atom stereocenters. The van der Waals surface area contributed by atoms with Gasteiger partial charge in [0.25, 0.3) is 0 Å². The van der Waals surface area contributed by atoms with Gasteiger partial charge in [-0.2, -0.15) is 0 Å². The average Bonchev–Trinajstić information content (AvgIpc) is 3.13. The molecule has 4 nitrogen and oxygen atoms in total. The van der Waals surface area contributed by atoms with Gasteiger partial charge >= 0.3 is 0 Å². The van der Waals surface area contributed by atoms with Gasteiger partial charge in [0, 0.05) is 21.6 Å². The van der Waals surface area contributed by atoms with Gasteiger partial charge < -0.3 is 19.3 Å². The van der Waals surface area contributed by atoms with Crippen LogP contribution < -0.4 is 4.74 Å². The summed E-state index contributed by atoms with van der Waals surface area (Å²) >= 11 is 1.78. The Morgan fingerprint density at radius 3 is 2.86 bits per heavy atom.